The molecule has 3 nitrogen and oxygen atoms in total. The Morgan fingerprint density at radius 1 is 0.508 bits per heavy atom. The van der Waals surface area contributed by atoms with Crippen molar-refractivity contribution in [2.24, 2.45) is 34.5 Å². The highest BCUT2D eigenvalue weighted by Crippen LogP contribution is 2.78. The molecule has 2 spiro atoms. The van der Waals surface area contributed by atoms with Gasteiger partial charge in [0.25, 0.3) is 0 Å². The van der Waals surface area contributed by atoms with E-state index in [1.807, 2.05) is 0 Å². The maximum atomic E-state index is 11.2. The average molecular weight is 788 g/mol. The van der Waals surface area contributed by atoms with Crippen molar-refractivity contribution in [1.82, 2.24) is 4.40 Å². The molecule has 7 aromatic rings. The fourth-order valence-electron chi connectivity index (χ4n) is 19.6. The van der Waals surface area contributed by atoms with Crippen LogP contribution in [0, 0.1) is 57.2 Å². The Bertz CT molecular complexity index is 3490. The van der Waals surface area contributed by atoms with Crippen molar-refractivity contribution in [2.45, 2.75) is 126 Å². The predicted octanol–water partition coefficient (Wildman–Crippen LogP) is 14.0. The predicted molar refractivity (Wildman–Crippen MR) is 242 cm³/mol. The molecule has 10 aliphatic carbocycles. The first-order valence-electron chi connectivity index (χ1n) is 24.1. The van der Waals surface area contributed by atoms with Crippen LogP contribution in [0.15, 0.2) is 54.6 Å². The highest BCUT2D eigenvalue weighted by molar-refractivity contribution is 6.28. The highest BCUT2D eigenvalue weighted by Gasteiger charge is 2.67. The van der Waals surface area contributed by atoms with E-state index in [9.17, 15) is 10.5 Å². The van der Waals surface area contributed by atoms with Gasteiger partial charge in [0.2, 0.25) is 0 Å². The Kier molecular flexibility index (Phi) is 5.04. The summed E-state index contributed by atoms with van der Waals surface area (Å²) in [5.41, 5.74) is 23.9. The van der Waals surface area contributed by atoms with Crippen molar-refractivity contribution in [3.63, 3.8) is 0 Å². The third-order valence-electron chi connectivity index (χ3n) is 21.7. The van der Waals surface area contributed by atoms with Crippen molar-refractivity contribution >= 4 is 38.1 Å². The van der Waals surface area contributed by atoms with E-state index in [0.717, 1.165) is 34.8 Å². The molecule has 6 saturated carbocycles. The van der Waals surface area contributed by atoms with Gasteiger partial charge in [-0.1, -0.05) is 52.0 Å². The molecule has 0 N–H and O–H groups in total. The quantitative estimate of drug-likeness (QED) is 0.154. The molecule has 10 atom stereocenters. The van der Waals surface area contributed by atoms with Crippen LogP contribution in [-0.2, 0) is 10.8 Å². The summed E-state index contributed by atoms with van der Waals surface area (Å²) in [7, 11) is 0. The second-order valence-corrected chi connectivity index (χ2v) is 23.9. The Balaban J connectivity index is 1.07. The molecule has 6 fully saturated rings. The van der Waals surface area contributed by atoms with Crippen LogP contribution >= 0.6 is 0 Å². The summed E-state index contributed by atoms with van der Waals surface area (Å²) in [5.74, 6) is 5.44. The Hall–Kier alpha value is -5.12. The summed E-state index contributed by atoms with van der Waals surface area (Å²) in [6.07, 6.45) is 13.1. The number of benzene rings is 5. The number of aromatic nitrogens is 1. The van der Waals surface area contributed by atoms with Gasteiger partial charge in [0.15, 0.2) is 0 Å². The molecule has 0 saturated heterocycles. The molecule has 3 heteroatoms. The van der Waals surface area contributed by atoms with Gasteiger partial charge in [-0.2, -0.15) is 10.5 Å². The fourth-order valence-corrected chi connectivity index (χ4v) is 19.6. The van der Waals surface area contributed by atoms with Crippen LogP contribution in [0.5, 0.6) is 0 Å². The minimum atomic E-state index is -0.233. The van der Waals surface area contributed by atoms with E-state index in [2.05, 4.69) is 98.8 Å². The van der Waals surface area contributed by atoms with Crippen LogP contribution < -0.4 is 0 Å². The van der Waals surface area contributed by atoms with Gasteiger partial charge in [0, 0.05) is 32.4 Å². The van der Waals surface area contributed by atoms with Gasteiger partial charge in [-0.3, -0.25) is 0 Å². The SMILES string of the molecule is CC1(C)c2ccccc2-c2cc3c(cc21)-c1cc2c4c5c(c(C#N)cc4n4c6cc(C#N)c7c(c6c(c1C3(C)C)c24)C1CC2CC3CC7CC32C1)C1CC2CC3CC5CC23C1. The number of rotatable bonds is 0. The summed E-state index contributed by atoms with van der Waals surface area (Å²) in [6, 6.07) is 27.5. The molecular weight excluding hydrogens is 739 g/mol. The maximum absolute atomic E-state index is 11.2. The number of fused-ring (bicyclic) bond motifs is 25. The van der Waals surface area contributed by atoms with Gasteiger partial charge in [-0.15, -0.1) is 0 Å². The van der Waals surface area contributed by atoms with Crippen molar-refractivity contribution in [3.05, 3.63) is 110 Å². The summed E-state index contributed by atoms with van der Waals surface area (Å²) < 4.78 is 2.64. The second-order valence-electron chi connectivity index (χ2n) is 23.9. The first-order valence-corrected chi connectivity index (χ1v) is 24.1. The largest absolute Gasteiger partial charge is 0.308 e. The van der Waals surface area contributed by atoms with Gasteiger partial charge in [0.05, 0.1) is 39.8 Å². The third kappa shape index (κ3) is 3.12. The van der Waals surface area contributed by atoms with E-state index < -0.39 is 0 Å². The van der Waals surface area contributed by atoms with Gasteiger partial charge in [0.1, 0.15) is 0 Å². The zero-order chi connectivity index (χ0) is 40.2. The first-order chi connectivity index (χ1) is 29.6. The van der Waals surface area contributed by atoms with E-state index in [1.54, 1.807) is 11.1 Å². The minimum absolute atomic E-state index is 0.0791. The lowest BCUT2D eigenvalue weighted by molar-refractivity contribution is 0.00321. The molecule has 2 aromatic heterocycles. The summed E-state index contributed by atoms with van der Waals surface area (Å²) in [4.78, 5) is 0. The Labute approximate surface area is 357 Å². The monoisotopic (exact) mass is 787 g/mol. The molecule has 2 heterocycles. The van der Waals surface area contributed by atoms with Crippen LogP contribution in [0.25, 0.3) is 60.3 Å². The molecule has 0 amide bonds. The second kappa shape index (κ2) is 9.44. The van der Waals surface area contributed by atoms with Crippen molar-refractivity contribution < 1.29 is 0 Å². The standard InChI is InChI=1S/C58H49N3/c1-55(2)41-8-6-5-7-36(41)37-18-43-38(19-42(37)55)39-17-40-50-44(13-30(24-59)46-26-9-32-15-34-11-28(48(46)50)22-57(32,34)20-26)61-45-14-31(25-60)47-27-10-33-16-35-12-29(23-58(33,35)21-27)49(47)51(45)52(54(40)61)53(39)56(43,3)4/h5-8,13-14,17-19,26-29,32-35H,9-12,15-16,20-23H2,1-4H3. The van der Waals surface area contributed by atoms with Crippen molar-refractivity contribution in [1.29, 1.82) is 10.5 Å². The van der Waals surface area contributed by atoms with Crippen LogP contribution in [-0.4, -0.2) is 4.40 Å². The topological polar surface area (TPSA) is 52.0 Å². The molecule has 10 aliphatic rings. The van der Waals surface area contributed by atoms with E-state index >= 15 is 0 Å². The van der Waals surface area contributed by atoms with E-state index in [1.165, 1.54) is 158 Å². The zero-order valence-corrected chi connectivity index (χ0v) is 35.7. The normalized spacial score (nSPS) is 35.6. The Morgan fingerprint density at radius 2 is 1.02 bits per heavy atom. The van der Waals surface area contributed by atoms with Crippen molar-refractivity contribution in [3.8, 4) is 34.4 Å². The lowest BCUT2D eigenvalue weighted by Gasteiger charge is -2.48. The highest BCUT2D eigenvalue weighted by atomic mass is 14.9. The minimum Gasteiger partial charge on any atom is -0.308 e. The van der Waals surface area contributed by atoms with Crippen LogP contribution in [0.3, 0.4) is 0 Å². The molecular formula is C58H49N3. The number of nitrogens with zero attached hydrogens (tertiary/aromatic N) is 3. The zero-order valence-electron chi connectivity index (χ0n) is 35.7. The molecule has 0 radical (unpaired) electrons. The van der Waals surface area contributed by atoms with Gasteiger partial charge >= 0.3 is 0 Å². The molecule has 5 aromatic carbocycles. The summed E-state index contributed by atoms with van der Waals surface area (Å²) in [6.45, 7) is 9.91. The number of hydrogen-bond acceptors (Lipinski definition) is 2. The van der Waals surface area contributed by atoms with E-state index in [-0.39, 0.29) is 10.8 Å². The molecule has 6 bridgehead atoms. The van der Waals surface area contributed by atoms with Gasteiger partial charge in [-0.25, -0.2) is 0 Å². The van der Waals surface area contributed by atoms with Crippen LogP contribution in [0.4, 0.5) is 0 Å². The maximum Gasteiger partial charge on any atom is 0.0995 e. The van der Waals surface area contributed by atoms with E-state index in [4.69, 9.17) is 0 Å². The van der Waals surface area contributed by atoms with Crippen LogP contribution in [0.2, 0.25) is 0 Å². The fraction of sp³-hybridized carbons (Fsp3) is 0.448. The Morgan fingerprint density at radius 3 is 1.61 bits per heavy atom. The number of hydrogen-bond donors (Lipinski definition) is 0. The first kappa shape index (κ1) is 32.6. The van der Waals surface area contributed by atoms with Crippen molar-refractivity contribution in [2.75, 3.05) is 0 Å². The third-order valence-corrected chi connectivity index (χ3v) is 21.7. The molecule has 296 valence electrons. The summed E-state index contributed by atoms with van der Waals surface area (Å²) in [5, 5.41) is 28.2. The lowest BCUT2D eigenvalue weighted by Crippen LogP contribution is -2.41. The van der Waals surface area contributed by atoms with Gasteiger partial charge in [-0.05, 0) is 219 Å². The smallest absolute Gasteiger partial charge is 0.0995 e. The lowest BCUT2D eigenvalue weighted by atomic mass is 9.56. The average Bonchev–Trinajstić information content (AvgIpc) is 4.09. The van der Waals surface area contributed by atoms with Crippen LogP contribution in [0.1, 0.15) is 171 Å². The molecule has 17 rings (SSSR count). The summed E-state index contributed by atoms with van der Waals surface area (Å²) >= 11 is 0. The molecule has 10 unspecified atom stereocenters. The molecule has 61 heavy (non-hydrogen) atoms. The van der Waals surface area contributed by atoms with Gasteiger partial charge < -0.3 is 4.40 Å². The number of nitriles is 2. The van der Waals surface area contributed by atoms with E-state index in [0.29, 0.717) is 34.5 Å². The molecule has 0 aliphatic heterocycles.